The van der Waals surface area contributed by atoms with Gasteiger partial charge in [0, 0.05) is 13.1 Å². The lowest BCUT2D eigenvalue weighted by atomic mass is 10.2. The lowest BCUT2D eigenvalue weighted by Gasteiger charge is -2.28. The molecule has 0 unspecified atom stereocenters. The molecular formula is C11H14N2OS. The number of hydrogen-bond donors (Lipinski definition) is 0. The van der Waals surface area contributed by atoms with Gasteiger partial charge in [-0.05, 0) is 24.3 Å². The highest BCUT2D eigenvalue weighted by atomic mass is 32.1. The van der Waals surface area contributed by atoms with Crippen LogP contribution in [0, 0.1) is 20.4 Å². The second-order valence-electron chi connectivity index (χ2n) is 3.65. The molecule has 0 saturated carbocycles. The van der Waals surface area contributed by atoms with E-state index in [1.165, 1.54) is 4.88 Å². The molecule has 3 nitrogen and oxygen atoms in total. The molecule has 2 rings (SSSR count). The van der Waals surface area contributed by atoms with Crippen LogP contribution in [0.2, 0.25) is 0 Å². The molecule has 1 aliphatic rings. The molecule has 4 heteroatoms. The second-order valence-corrected chi connectivity index (χ2v) is 4.85. The Hall–Kier alpha value is -1.05. The van der Waals surface area contributed by atoms with E-state index < -0.39 is 0 Å². The van der Waals surface area contributed by atoms with E-state index >= 15 is 0 Å². The normalized spacial score (nSPS) is 16.5. The van der Waals surface area contributed by atoms with Gasteiger partial charge in [0.15, 0.2) is 0 Å². The summed E-state index contributed by atoms with van der Waals surface area (Å²) in [5.74, 6) is 0. The highest BCUT2D eigenvalue weighted by Crippen LogP contribution is 2.42. The van der Waals surface area contributed by atoms with Crippen molar-refractivity contribution in [1.82, 2.24) is 0 Å². The number of hydrogen-bond acceptors (Lipinski definition) is 3. The Balaban J connectivity index is 2.35. The molecule has 2 heterocycles. The van der Waals surface area contributed by atoms with Crippen LogP contribution >= 0.6 is 11.3 Å². The first-order chi connectivity index (χ1) is 7.24. The molecule has 0 spiro atoms. The highest BCUT2D eigenvalue weighted by Gasteiger charge is 2.19. The molecule has 1 fully saturated rings. The summed E-state index contributed by atoms with van der Waals surface area (Å²) in [4.78, 5) is 7.16. The van der Waals surface area contributed by atoms with Gasteiger partial charge in [0.05, 0.1) is 24.8 Å². The van der Waals surface area contributed by atoms with E-state index in [1.807, 2.05) is 6.92 Å². The van der Waals surface area contributed by atoms with E-state index in [1.54, 1.807) is 11.3 Å². The molecule has 0 atom stereocenters. The fourth-order valence-corrected chi connectivity index (χ4v) is 2.86. The van der Waals surface area contributed by atoms with Gasteiger partial charge in [-0.3, -0.25) is 0 Å². The maximum absolute atomic E-state index is 7.23. The zero-order valence-corrected chi connectivity index (χ0v) is 9.86. The van der Waals surface area contributed by atoms with Crippen molar-refractivity contribution >= 4 is 22.0 Å². The highest BCUT2D eigenvalue weighted by molar-refractivity contribution is 7.17. The monoisotopic (exact) mass is 222 g/mol. The van der Waals surface area contributed by atoms with Crippen molar-refractivity contribution in [1.29, 1.82) is 0 Å². The van der Waals surface area contributed by atoms with Crippen molar-refractivity contribution in [3.63, 3.8) is 0 Å². The van der Waals surface area contributed by atoms with Crippen molar-refractivity contribution in [2.75, 3.05) is 31.2 Å². The van der Waals surface area contributed by atoms with E-state index in [0.717, 1.165) is 42.6 Å². The molecular weight excluding hydrogens is 208 g/mol. The Morgan fingerprint density at radius 2 is 2.00 bits per heavy atom. The molecule has 1 aliphatic heterocycles. The maximum atomic E-state index is 7.23. The SMILES string of the molecule is [C-]#[N+]c1c(N2CCOCC2)sc(C)c1C. The Morgan fingerprint density at radius 1 is 1.33 bits per heavy atom. The van der Waals surface area contributed by atoms with Gasteiger partial charge in [-0.2, -0.15) is 0 Å². The third-order valence-corrected chi connectivity index (χ3v) is 4.00. The van der Waals surface area contributed by atoms with Gasteiger partial charge in [-0.1, -0.05) is 0 Å². The molecule has 0 radical (unpaired) electrons. The average Bonchev–Trinajstić information content (AvgIpc) is 2.56. The quantitative estimate of drug-likeness (QED) is 0.679. The smallest absolute Gasteiger partial charge is 0.223 e. The van der Waals surface area contributed by atoms with Crippen molar-refractivity contribution in [2.24, 2.45) is 0 Å². The minimum absolute atomic E-state index is 0.771. The van der Waals surface area contributed by atoms with Gasteiger partial charge in [-0.25, -0.2) is 4.85 Å². The number of anilines is 1. The largest absolute Gasteiger partial charge is 0.378 e. The van der Waals surface area contributed by atoms with Crippen LogP contribution in [0.3, 0.4) is 0 Å². The van der Waals surface area contributed by atoms with Crippen LogP contribution in [0.5, 0.6) is 0 Å². The predicted molar refractivity (Wildman–Crippen MR) is 63.1 cm³/mol. The van der Waals surface area contributed by atoms with E-state index in [9.17, 15) is 0 Å². The molecule has 0 N–H and O–H groups in total. The van der Waals surface area contributed by atoms with E-state index in [2.05, 4.69) is 16.7 Å². The molecule has 15 heavy (non-hydrogen) atoms. The molecule has 0 amide bonds. The number of nitrogens with zero attached hydrogens (tertiary/aromatic N) is 2. The van der Waals surface area contributed by atoms with Crippen LogP contribution in [0.25, 0.3) is 4.85 Å². The summed E-state index contributed by atoms with van der Waals surface area (Å²) >= 11 is 1.73. The van der Waals surface area contributed by atoms with E-state index in [-0.39, 0.29) is 0 Å². The Kier molecular flexibility index (Phi) is 2.94. The third kappa shape index (κ3) is 1.85. The molecule has 1 aromatic rings. The first-order valence-electron chi connectivity index (χ1n) is 5.04. The van der Waals surface area contributed by atoms with Crippen LogP contribution in [0.15, 0.2) is 0 Å². The van der Waals surface area contributed by atoms with Gasteiger partial charge >= 0.3 is 0 Å². The fourth-order valence-electron chi connectivity index (χ4n) is 1.71. The number of aryl methyl sites for hydroxylation is 1. The summed E-state index contributed by atoms with van der Waals surface area (Å²) in [5.41, 5.74) is 1.97. The lowest BCUT2D eigenvalue weighted by molar-refractivity contribution is 0.123. The summed E-state index contributed by atoms with van der Waals surface area (Å²) in [7, 11) is 0. The van der Waals surface area contributed by atoms with Gasteiger partial charge in [-0.15, -0.1) is 11.3 Å². The number of ether oxygens (including phenoxy) is 1. The van der Waals surface area contributed by atoms with Crippen LogP contribution in [0.1, 0.15) is 10.4 Å². The zero-order valence-electron chi connectivity index (χ0n) is 9.04. The van der Waals surface area contributed by atoms with E-state index in [0.29, 0.717) is 0 Å². The van der Waals surface area contributed by atoms with Gasteiger partial charge in [0.2, 0.25) is 5.69 Å². The maximum Gasteiger partial charge on any atom is 0.223 e. The van der Waals surface area contributed by atoms with Gasteiger partial charge < -0.3 is 9.64 Å². The molecule has 0 bridgehead atoms. The Bertz CT molecular complexity index is 399. The first kappa shape index (κ1) is 10.5. The first-order valence-corrected chi connectivity index (χ1v) is 5.86. The van der Waals surface area contributed by atoms with E-state index in [4.69, 9.17) is 11.3 Å². The van der Waals surface area contributed by atoms with Gasteiger partial charge in [0.25, 0.3) is 0 Å². The molecule has 1 aromatic heterocycles. The minimum atomic E-state index is 0.771. The Labute approximate surface area is 94.1 Å². The summed E-state index contributed by atoms with van der Waals surface area (Å²) in [6, 6.07) is 0. The Morgan fingerprint density at radius 3 is 2.60 bits per heavy atom. The fraction of sp³-hybridized carbons (Fsp3) is 0.545. The zero-order chi connectivity index (χ0) is 10.8. The number of morpholine rings is 1. The summed E-state index contributed by atoms with van der Waals surface area (Å²) < 4.78 is 5.32. The summed E-state index contributed by atoms with van der Waals surface area (Å²) in [6.45, 7) is 14.7. The van der Waals surface area contributed by atoms with Crippen molar-refractivity contribution in [3.8, 4) is 0 Å². The van der Waals surface area contributed by atoms with Crippen LogP contribution < -0.4 is 4.90 Å². The van der Waals surface area contributed by atoms with Crippen LogP contribution in [-0.4, -0.2) is 26.3 Å². The number of thiophene rings is 1. The average molecular weight is 222 g/mol. The number of rotatable bonds is 1. The lowest BCUT2D eigenvalue weighted by Crippen LogP contribution is -2.35. The molecule has 80 valence electrons. The summed E-state index contributed by atoms with van der Waals surface area (Å²) in [5, 5.41) is 1.13. The van der Waals surface area contributed by atoms with Crippen LogP contribution in [0.4, 0.5) is 10.7 Å². The molecule has 1 saturated heterocycles. The van der Waals surface area contributed by atoms with Gasteiger partial charge in [0.1, 0.15) is 0 Å². The molecule has 0 aromatic carbocycles. The van der Waals surface area contributed by atoms with Crippen molar-refractivity contribution < 1.29 is 4.74 Å². The second kappa shape index (κ2) is 4.21. The van der Waals surface area contributed by atoms with Crippen molar-refractivity contribution in [3.05, 3.63) is 21.9 Å². The molecule has 0 aliphatic carbocycles. The van der Waals surface area contributed by atoms with Crippen molar-refractivity contribution in [2.45, 2.75) is 13.8 Å². The summed E-state index contributed by atoms with van der Waals surface area (Å²) in [6.07, 6.45) is 0. The van der Waals surface area contributed by atoms with Crippen LogP contribution in [-0.2, 0) is 4.74 Å². The standard InChI is InChI=1S/C11H14N2OS/c1-8-9(2)15-11(10(8)12-3)13-4-6-14-7-5-13/h4-7H2,1-2H3. The topological polar surface area (TPSA) is 16.8 Å². The minimum Gasteiger partial charge on any atom is -0.378 e. The predicted octanol–water partition coefficient (Wildman–Crippen LogP) is 2.75. The third-order valence-electron chi connectivity index (χ3n) is 2.75.